The lowest BCUT2D eigenvalue weighted by atomic mass is 10.1. The minimum absolute atomic E-state index is 0.0349. The maximum Gasteiger partial charge on any atom is 0.261 e. The molecule has 0 unspecified atom stereocenters. The molecule has 2 aromatic carbocycles. The van der Waals surface area contributed by atoms with Crippen molar-refractivity contribution in [3.8, 4) is 5.75 Å². The van der Waals surface area contributed by atoms with E-state index in [0.29, 0.717) is 31.0 Å². The third-order valence-corrected chi connectivity index (χ3v) is 5.29. The van der Waals surface area contributed by atoms with E-state index in [1.807, 2.05) is 0 Å². The molecule has 0 radical (unpaired) electrons. The summed E-state index contributed by atoms with van der Waals surface area (Å²) in [5.74, 6) is -0.0715. The number of rotatable bonds is 5. The van der Waals surface area contributed by atoms with Crippen LogP contribution in [-0.2, 0) is 14.8 Å². The van der Waals surface area contributed by atoms with Crippen LogP contribution in [0.5, 0.6) is 5.75 Å². The standard InChI is InChI=1S/C18H19N3O5S/c1-2-17(22)20-12-3-6-14(7-4-12)27(24,25)21-13-5-8-16-15(11-13)18(23)19-9-10-26-16/h3-8,11,21H,2,9-10H2,1H3,(H,19,23)(H,20,22). The van der Waals surface area contributed by atoms with Gasteiger partial charge in [-0.2, -0.15) is 0 Å². The zero-order valence-electron chi connectivity index (χ0n) is 14.6. The molecule has 3 N–H and O–H groups in total. The van der Waals surface area contributed by atoms with Crippen LogP contribution in [-0.4, -0.2) is 33.4 Å². The van der Waals surface area contributed by atoms with E-state index < -0.39 is 10.0 Å². The molecule has 1 heterocycles. The largest absolute Gasteiger partial charge is 0.491 e. The molecular formula is C18H19N3O5S. The van der Waals surface area contributed by atoms with Gasteiger partial charge in [-0.3, -0.25) is 14.3 Å². The summed E-state index contributed by atoms with van der Waals surface area (Å²) in [6, 6.07) is 10.3. The third-order valence-electron chi connectivity index (χ3n) is 3.89. The van der Waals surface area contributed by atoms with Gasteiger partial charge < -0.3 is 15.4 Å². The van der Waals surface area contributed by atoms with Crippen molar-refractivity contribution in [2.75, 3.05) is 23.2 Å². The number of nitrogens with one attached hydrogen (secondary N) is 3. The van der Waals surface area contributed by atoms with Gasteiger partial charge in [-0.1, -0.05) is 6.92 Å². The second-order valence-corrected chi connectivity index (χ2v) is 7.53. The Hall–Kier alpha value is -3.07. The molecule has 8 nitrogen and oxygen atoms in total. The van der Waals surface area contributed by atoms with Gasteiger partial charge in [-0.05, 0) is 42.5 Å². The first-order valence-corrected chi connectivity index (χ1v) is 9.85. The monoisotopic (exact) mass is 389 g/mol. The molecule has 0 spiro atoms. The van der Waals surface area contributed by atoms with Crippen LogP contribution in [0.3, 0.4) is 0 Å². The summed E-state index contributed by atoms with van der Waals surface area (Å²) < 4.78 is 33.1. The van der Waals surface area contributed by atoms with E-state index in [9.17, 15) is 18.0 Å². The maximum atomic E-state index is 12.6. The number of hydrogen-bond acceptors (Lipinski definition) is 5. The van der Waals surface area contributed by atoms with Crippen molar-refractivity contribution in [3.05, 3.63) is 48.0 Å². The average molecular weight is 389 g/mol. The fourth-order valence-corrected chi connectivity index (χ4v) is 3.55. The van der Waals surface area contributed by atoms with Gasteiger partial charge in [0.2, 0.25) is 5.91 Å². The maximum absolute atomic E-state index is 12.6. The van der Waals surface area contributed by atoms with E-state index in [2.05, 4.69) is 15.4 Å². The summed E-state index contributed by atoms with van der Waals surface area (Å²) in [4.78, 5) is 23.5. The van der Waals surface area contributed by atoms with Crippen LogP contribution in [0.25, 0.3) is 0 Å². The van der Waals surface area contributed by atoms with Crippen molar-refractivity contribution >= 4 is 33.2 Å². The number of amides is 2. The van der Waals surface area contributed by atoms with Gasteiger partial charge in [-0.15, -0.1) is 0 Å². The number of sulfonamides is 1. The molecule has 142 valence electrons. The van der Waals surface area contributed by atoms with Crippen LogP contribution in [0.4, 0.5) is 11.4 Å². The van der Waals surface area contributed by atoms with E-state index >= 15 is 0 Å². The molecule has 0 saturated carbocycles. The number of benzene rings is 2. The second kappa shape index (κ2) is 7.67. The van der Waals surface area contributed by atoms with E-state index in [4.69, 9.17) is 4.74 Å². The summed E-state index contributed by atoms with van der Waals surface area (Å²) in [6.07, 6.45) is 0.331. The Balaban J connectivity index is 1.80. The van der Waals surface area contributed by atoms with Crippen molar-refractivity contribution in [3.63, 3.8) is 0 Å². The van der Waals surface area contributed by atoms with Crippen molar-refractivity contribution < 1.29 is 22.7 Å². The Kier molecular flexibility index (Phi) is 5.31. The Bertz CT molecular complexity index is 971. The van der Waals surface area contributed by atoms with Crippen molar-refractivity contribution in [1.29, 1.82) is 0 Å². The predicted octanol–water partition coefficient (Wildman–Crippen LogP) is 1.96. The molecule has 0 saturated heterocycles. The van der Waals surface area contributed by atoms with Crippen LogP contribution in [0.15, 0.2) is 47.4 Å². The predicted molar refractivity (Wildman–Crippen MR) is 100 cm³/mol. The van der Waals surface area contributed by atoms with Gasteiger partial charge in [0.15, 0.2) is 0 Å². The molecule has 9 heteroatoms. The molecule has 27 heavy (non-hydrogen) atoms. The minimum atomic E-state index is -3.85. The van der Waals surface area contributed by atoms with Crippen molar-refractivity contribution in [2.45, 2.75) is 18.2 Å². The lowest BCUT2D eigenvalue weighted by molar-refractivity contribution is -0.115. The van der Waals surface area contributed by atoms with Gasteiger partial charge in [-0.25, -0.2) is 8.42 Å². The molecule has 0 fully saturated rings. The van der Waals surface area contributed by atoms with Crippen molar-refractivity contribution in [2.24, 2.45) is 0 Å². The SMILES string of the molecule is CCC(=O)Nc1ccc(S(=O)(=O)Nc2ccc3c(c2)C(=O)NCCO3)cc1. The van der Waals surface area contributed by atoms with Gasteiger partial charge in [0.05, 0.1) is 17.0 Å². The third kappa shape index (κ3) is 4.37. The van der Waals surface area contributed by atoms with E-state index in [0.717, 1.165) is 0 Å². The first kappa shape index (κ1) is 18.7. The van der Waals surface area contributed by atoms with E-state index in [-0.39, 0.29) is 28.0 Å². The Labute approximate surface area is 157 Å². The van der Waals surface area contributed by atoms with E-state index in [1.54, 1.807) is 13.0 Å². The number of hydrogen-bond donors (Lipinski definition) is 3. The number of anilines is 2. The highest BCUT2D eigenvalue weighted by molar-refractivity contribution is 7.92. The van der Waals surface area contributed by atoms with Crippen LogP contribution in [0.1, 0.15) is 23.7 Å². The summed E-state index contributed by atoms with van der Waals surface area (Å²) in [6.45, 7) is 2.46. The van der Waals surface area contributed by atoms with Crippen LogP contribution in [0.2, 0.25) is 0 Å². The molecule has 0 bridgehead atoms. The van der Waals surface area contributed by atoms with Crippen LogP contribution in [0, 0.1) is 0 Å². The molecule has 2 amide bonds. The highest BCUT2D eigenvalue weighted by Gasteiger charge is 2.19. The van der Waals surface area contributed by atoms with Gasteiger partial charge in [0.25, 0.3) is 15.9 Å². The molecular weight excluding hydrogens is 370 g/mol. The molecule has 0 aromatic heterocycles. The summed E-state index contributed by atoms with van der Waals surface area (Å²) >= 11 is 0. The summed E-state index contributed by atoms with van der Waals surface area (Å²) in [5, 5.41) is 5.33. The second-order valence-electron chi connectivity index (χ2n) is 5.85. The smallest absolute Gasteiger partial charge is 0.261 e. The van der Waals surface area contributed by atoms with Gasteiger partial charge >= 0.3 is 0 Å². The molecule has 0 atom stereocenters. The Morgan fingerprint density at radius 1 is 1.15 bits per heavy atom. The molecule has 1 aliphatic heterocycles. The Morgan fingerprint density at radius 2 is 1.85 bits per heavy atom. The van der Waals surface area contributed by atoms with Gasteiger partial charge in [0.1, 0.15) is 12.4 Å². The summed E-state index contributed by atoms with van der Waals surface area (Å²) in [5.41, 5.74) is 1.03. The normalized spacial score (nSPS) is 13.6. The number of carbonyl (C=O) groups is 2. The van der Waals surface area contributed by atoms with E-state index in [1.165, 1.54) is 36.4 Å². The topological polar surface area (TPSA) is 114 Å². The number of ether oxygens (including phenoxy) is 1. The Morgan fingerprint density at radius 3 is 2.56 bits per heavy atom. The average Bonchev–Trinajstić information content (AvgIpc) is 2.83. The quantitative estimate of drug-likeness (QED) is 0.723. The fraction of sp³-hybridized carbons (Fsp3) is 0.222. The highest BCUT2D eigenvalue weighted by atomic mass is 32.2. The first-order chi connectivity index (χ1) is 12.9. The highest BCUT2D eigenvalue weighted by Crippen LogP contribution is 2.26. The summed E-state index contributed by atoms with van der Waals surface area (Å²) in [7, 11) is -3.85. The first-order valence-electron chi connectivity index (χ1n) is 8.37. The molecule has 3 rings (SSSR count). The lowest BCUT2D eigenvalue weighted by Crippen LogP contribution is -2.24. The minimum Gasteiger partial charge on any atom is -0.491 e. The van der Waals surface area contributed by atoms with Crippen LogP contribution < -0.4 is 20.1 Å². The van der Waals surface area contributed by atoms with Crippen LogP contribution >= 0.6 is 0 Å². The molecule has 0 aliphatic carbocycles. The number of fused-ring (bicyclic) bond motifs is 1. The molecule has 2 aromatic rings. The zero-order valence-corrected chi connectivity index (χ0v) is 15.4. The fourth-order valence-electron chi connectivity index (χ4n) is 2.50. The van der Waals surface area contributed by atoms with Gasteiger partial charge in [0, 0.05) is 17.8 Å². The lowest BCUT2D eigenvalue weighted by Gasteiger charge is -2.11. The molecule has 1 aliphatic rings. The number of carbonyl (C=O) groups excluding carboxylic acids is 2. The zero-order chi connectivity index (χ0) is 19.4. The van der Waals surface area contributed by atoms with Crippen molar-refractivity contribution in [1.82, 2.24) is 5.32 Å².